The predicted octanol–water partition coefficient (Wildman–Crippen LogP) is 4.97. The largest absolute Gasteiger partial charge is 0.495 e. The highest BCUT2D eigenvalue weighted by Gasteiger charge is 2.21. The maximum absolute atomic E-state index is 13.1. The average Bonchev–Trinajstić information content (AvgIpc) is 3.46. The van der Waals surface area contributed by atoms with Crippen LogP contribution in [0, 0.1) is 6.92 Å². The fraction of sp³-hybridized carbons (Fsp3) is 0.269. The van der Waals surface area contributed by atoms with Gasteiger partial charge in [0.1, 0.15) is 10.6 Å². The lowest BCUT2D eigenvalue weighted by atomic mass is 9.98. The van der Waals surface area contributed by atoms with E-state index in [0.717, 1.165) is 21.3 Å². The van der Waals surface area contributed by atoms with Gasteiger partial charge in [-0.05, 0) is 48.2 Å². The van der Waals surface area contributed by atoms with Crippen LogP contribution in [0.25, 0.3) is 10.9 Å². The van der Waals surface area contributed by atoms with E-state index in [2.05, 4.69) is 46.8 Å². The Morgan fingerprint density at radius 3 is 2.50 bits per heavy atom. The van der Waals surface area contributed by atoms with Crippen molar-refractivity contribution in [3.05, 3.63) is 81.2 Å². The summed E-state index contributed by atoms with van der Waals surface area (Å²) in [5, 5.41) is 13.8. The topological polar surface area (TPSA) is 96.1 Å². The third-order valence-electron chi connectivity index (χ3n) is 5.73. The maximum atomic E-state index is 13.1. The highest BCUT2D eigenvalue weighted by molar-refractivity contribution is 7.14. The Labute approximate surface area is 202 Å². The van der Waals surface area contributed by atoms with Crippen LogP contribution in [-0.2, 0) is 0 Å². The number of rotatable bonds is 8. The van der Waals surface area contributed by atoms with Crippen molar-refractivity contribution in [3.63, 3.8) is 0 Å². The van der Waals surface area contributed by atoms with Gasteiger partial charge in [0, 0.05) is 22.4 Å². The van der Waals surface area contributed by atoms with Crippen LogP contribution in [0.2, 0.25) is 0 Å². The summed E-state index contributed by atoms with van der Waals surface area (Å²) in [7, 11) is 1.55. The normalized spacial score (nSPS) is 12.0. The molecule has 3 N–H and O–H groups in total. The number of nitrogens with one attached hydrogen (secondary N) is 3. The molecule has 0 radical (unpaired) electrons. The van der Waals surface area contributed by atoms with Gasteiger partial charge in [-0.15, -0.1) is 11.3 Å². The van der Waals surface area contributed by atoms with Crippen LogP contribution < -0.4 is 15.4 Å². The van der Waals surface area contributed by atoms with Gasteiger partial charge >= 0.3 is 0 Å². The number of ether oxygens (including phenoxy) is 1. The number of methoxy groups -OCH3 is 1. The summed E-state index contributed by atoms with van der Waals surface area (Å²) in [6, 6.07) is 14.9. The third kappa shape index (κ3) is 5.12. The second-order valence-electron chi connectivity index (χ2n) is 8.48. The summed E-state index contributed by atoms with van der Waals surface area (Å²) in [6.45, 7) is 6.44. The molecule has 2 amide bonds. The van der Waals surface area contributed by atoms with Crippen molar-refractivity contribution in [3.8, 4) is 5.75 Å². The van der Waals surface area contributed by atoms with E-state index in [0.29, 0.717) is 22.1 Å². The standard InChI is InChI=1S/C26H28N4O3S/c1-15(2)17-5-7-18(8-6-17)22(14-27-26(32)24-23(33-4)11-16(3)34-24)29-25(31)19-9-10-21-20(12-19)13-28-30-21/h5-13,15,22H,14H2,1-4H3,(H,27,32)(H,28,30)(H,29,31). The zero-order valence-corrected chi connectivity index (χ0v) is 20.5. The molecule has 4 rings (SSSR count). The van der Waals surface area contributed by atoms with Crippen molar-refractivity contribution >= 4 is 34.1 Å². The van der Waals surface area contributed by atoms with Crippen molar-refractivity contribution < 1.29 is 14.3 Å². The molecule has 34 heavy (non-hydrogen) atoms. The average molecular weight is 477 g/mol. The van der Waals surface area contributed by atoms with Gasteiger partial charge < -0.3 is 15.4 Å². The van der Waals surface area contributed by atoms with Gasteiger partial charge in [0.15, 0.2) is 0 Å². The van der Waals surface area contributed by atoms with E-state index in [1.54, 1.807) is 25.4 Å². The summed E-state index contributed by atoms with van der Waals surface area (Å²) < 4.78 is 5.34. The first-order valence-corrected chi connectivity index (χ1v) is 11.9. The molecular weight excluding hydrogens is 448 g/mol. The molecule has 0 aliphatic heterocycles. The molecule has 1 unspecified atom stereocenters. The van der Waals surface area contributed by atoms with Gasteiger partial charge in [0.25, 0.3) is 11.8 Å². The van der Waals surface area contributed by atoms with Crippen molar-refractivity contribution in [2.75, 3.05) is 13.7 Å². The van der Waals surface area contributed by atoms with Crippen molar-refractivity contribution in [2.45, 2.75) is 32.7 Å². The van der Waals surface area contributed by atoms with E-state index >= 15 is 0 Å². The zero-order valence-electron chi connectivity index (χ0n) is 19.6. The maximum Gasteiger partial charge on any atom is 0.265 e. The molecule has 7 nitrogen and oxygen atoms in total. The molecule has 0 saturated carbocycles. The predicted molar refractivity (Wildman–Crippen MR) is 135 cm³/mol. The van der Waals surface area contributed by atoms with Crippen LogP contribution in [-0.4, -0.2) is 35.7 Å². The number of benzene rings is 2. The van der Waals surface area contributed by atoms with Crippen molar-refractivity contribution in [1.29, 1.82) is 0 Å². The Morgan fingerprint density at radius 2 is 1.79 bits per heavy atom. The third-order valence-corrected chi connectivity index (χ3v) is 6.76. The fourth-order valence-corrected chi connectivity index (χ4v) is 4.66. The molecule has 0 aliphatic rings. The van der Waals surface area contributed by atoms with Gasteiger partial charge in [-0.25, -0.2) is 0 Å². The van der Waals surface area contributed by atoms with E-state index < -0.39 is 6.04 Å². The number of hydrogen-bond donors (Lipinski definition) is 3. The van der Waals surface area contributed by atoms with Gasteiger partial charge in [-0.1, -0.05) is 38.1 Å². The molecule has 0 spiro atoms. The number of aromatic amines is 1. The first-order chi connectivity index (χ1) is 16.4. The highest BCUT2D eigenvalue weighted by atomic mass is 32.1. The SMILES string of the molecule is COc1cc(C)sc1C(=O)NCC(NC(=O)c1ccc2[nH]ncc2c1)c1ccc(C(C)C)cc1. The van der Waals surface area contributed by atoms with Crippen LogP contribution in [0.15, 0.2) is 54.7 Å². The molecule has 8 heteroatoms. The number of thiophene rings is 1. The lowest BCUT2D eigenvalue weighted by Gasteiger charge is -2.21. The smallest absolute Gasteiger partial charge is 0.265 e. The van der Waals surface area contributed by atoms with Crippen molar-refractivity contribution in [1.82, 2.24) is 20.8 Å². The van der Waals surface area contributed by atoms with Gasteiger partial charge in [0.2, 0.25) is 0 Å². The minimum Gasteiger partial charge on any atom is -0.495 e. The van der Waals surface area contributed by atoms with Crippen LogP contribution in [0.3, 0.4) is 0 Å². The summed E-state index contributed by atoms with van der Waals surface area (Å²) >= 11 is 1.38. The minimum absolute atomic E-state index is 0.222. The van der Waals surface area contributed by atoms with Gasteiger partial charge in [-0.3, -0.25) is 14.7 Å². The minimum atomic E-state index is -0.412. The Bertz CT molecular complexity index is 1310. The molecule has 0 fully saturated rings. The number of carbonyl (C=O) groups excluding carboxylic acids is 2. The first kappa shape index (κ1) is 23.5. The Balaban J connectivity index is 1.55. The molecule has 4 aromatic rings. The van der Waals surface area contributed by atoms with Crippen LogP contribution >= 0.6 is 11.3 Å². The molecule has 2 aromatic carbocycles. The molecule has 2 heterocycles. The number of fused-ring (bicyclic) bond motifs is 1. The van der Waals surface area contributed by atoms with Gasteiger partial charge in [0.05, 0.1) is 24.9 Å². The van der Waals surface area contributed by atoms with E-state index in [9.17, 15) is 9.59 Å². The summed E-state index contributed by atoms with van der Waals surface area (Å²) in [6.07, 6.45) is 1.69. The lowest BCUT2D eigenvalue weighted by Crippen LogP contribution is -2.37. The number of H-pyrrole nitrogens is 1. The number of aromatic nitrogens is 2. The Kier molecular flexibility index (Phi) is 6.98. The zero-order chi connectivity index (χ0) is 24.2. The van der Waals surface area contributed by atoms with E-state index in [-0.39, 0.29) is 18.4 Å². The number of hydrogen-bond acceptors (Lipinski definition) is 5. The second-order valence-corrected chi connectivity index (χ2v) is 9.74. The number of carbonyl (C=O) groups is 2. The van der Waals surface area contributed by atoms with E-state index in [1.807, 2.05) is 31.2 Å². The Morgan fingerprint density at radius 1 is 1.06 bits per heavy atom. The summed E-state index contributed by atoms with van der Waals surface area (Å²) in [5.41, 5.74) is 3.52. The number of amides is 2. The van der Waals surface area contributed by atoms with Crippen molar-refractivity contribution in [2.24, 2.45) is 0 Å². The molecular formula is C26H28N4O3S. The summed E-state index contributed by atoms with van der Waals surface area (Å²) in [5.74, 6) is 0.501. The van der Waals surface area contributed by atoms with E-state index in [4.69, 9.17) is 4.74 Å². The molecule has 0 aliphatic carbocycles. The monoisotopic (exact) mass is 476 g/mol. The Hall–Kier alpha value is -3.65. The molecule has 0 bridgehead atoms. The molecule has 0 saturated heterocycles. The quantitative estimate of drug-likeness (QED) is 0.335. The molecule has 176 valence electrons. The first-order valence-electron chi connectivity index (χ1n) is 11.1. The molecule has 1 atom stereocenters. The van der Waals surface area contributed by atoms with E-state index in [1.165, 1.54) is 16.9 Å². The van der Waals surface area contributed by atoms with Crippen LogP contribution in [0.4, 0.5) is 0 Å². The summed E-state index contributed by atoms with van der Waals surface area (Å²) in [4.78, 5) is 27.5. The number of aryl methyl sites for hydroxylation is 1. The second kappa shape index (κ2) is 10.1. The highest BCUT2D eigenvalue weighted by Crippen LogP contribution is 2.28. The van der Waals surface area contributed by atoms with Crippen LogP contribution in [0.5, 0.6) is 5.75 Å². The fourth-order valence-electron chi connectivity index (χ4n) is 3.77. The van der Waals surface area contributed by atoms with Gasteiger partial charge in [-0.2, -0.15) is 5.10 Å². The number of nitrogens with zero attached hydrogens (tertiary/aromatic N) is 1. The van der Waals surface area contributed by atoms with Crippen LogP contribution in [0.1, 0.15) is 61.8 Å². The lowest BCUT2D eigenvalue weighted by molar-refractivity contribution is 0.0909. The molecule has 2 aromatic heterocycles.